The first kappa shape index (κ1) is 21.1. The van der Waals surface area contributed by atoms with E-state index in [1.165, 1.54) is 6.33 Å². The summed E-state index contributed by atoms with van der Waals surface area (Å²) in [5.74, 6) is 1.15. The average molecular weight is 461 g/mol. The number of anilines is 1. The van der Waals surface area contributed by atoms with Crippen molar-refractivity contribution in [2.45, 2.75) is 39.2 Å². The van der Waals surface area contributed by atoms with Gasteiger partial charge in [0.25, 0.3) is 11.7 Å². The van der Waals surface area contributed by atoms with Crippen molar-refractivity contribution in [1.82, 2.24) is 24.5 Å². The number of nitrogens with zero attached hydrogens (tertiary/aromatic N) is 6. The van der Waals surface area contributed by atoms with Crippen molar-refractivity contribution in [1.29, 1.82) is 0 Å². The quantitative estimate of drug-likeness (QED) is 0.555. The maximum atomic E-state index is 13.8. The largest absolute Gasteiger partial charge is 0.448 e. The molecule has 1 amide bonds. The highest BCUT2D eigenvalue weighted by atomic mass is 16.6. The van der Waals surface area contributed by atoms with E-state index in [0.29, 0.717) is 44.8 Å². The Morgan fingerprint density at radius 3 is 2.38 bits per heavy atom. The lowest BCUT2D eigenvalue weighted by Crippen LogP contribution is -2.59. The lowest BCUT2D eigenvalue weighted by molar-refractivity contribution is -0.174. The van der Waals surface area contributed by atoms with Gasteiger partial charge in [0, 0.05) is 43.4 Å². The number of aromatic nitrogens is 4. The van der Waals surface area contributed by atoms with Crippen molar-refractivity contribution in [2.75, 3.05) is 31.1 Å². The fraction of sp³-hybridized carbons (Fsp3) is 0.480. The summed E-state index contributed by atoms with van der Waals surface area (Å²) in [6.07, 6.45) is 4.62. The summed E-state index contributed by atoms with van der Waals surface area (Å²) in [6.45, 7) is 8.29. The predicted molar refractivity (Wildman–Crippen MR) is 125 cm³/mol. The Hall–Kier alpha value is -3.49. The maximum absolute atomic E-state index is 13.8. The van der Waals surface area contributed by atoms with E-state index < -0.39 is 16.4 Å². The number of esters is 1. The van der Waals surface area contributed by atoms with Crippen LogP contribution in [0.15, 0.2) is 42.9 Å². The second kappa shape index (κ2) is 7.01. The molecule has 2 aliphatic heterocycles. The van der Waals surface area contributed by atoms with Crippen molar-refractivity contribution in [3.63, 3.8) is 0 Å². The number of fused-ring (bicyclic) bond motifs is 3. The molecule has 2 atom stereocenters. The summed E-state index contributed by atoms with van der Waals surface area (Å²) in [5.41, 5.74) is -0.195. The fourth-order valence-corrected chi connectivity index (χ4v) is 5.99. The molecule has 2 bridgehead atoms. The molecule has 3 aromatic rings. The Balaban J connectivity index is 1.29. The van der Waals surface area contributed by atoms with Gasteiger partial charge >= 0.3 is 5.97 Å². The van der Waals surface area contributed by atoms with E-state index in [9.17, 15) is 9.59 Å². The number of rotatable bonds is 3. The first-order valence-corrected chi connectivity index (χ1v) is 11.8. The van der Waals surface area contributed by atoms with Crippen LogP contribution in [0.25, 0.3) is 16.9 Å². The molecule has 1 aliphatic carbocycles. The molecule has 6 rings (SSSR count). The van der Waals surface area contributed by atoms with E-state index in [2.05, 4.69) is 32.1 Å². The molecule has 2 saturated heterocycles. The zero-order valence-electron chi connectivity index (χ0n) is 19.7. The van der Waals surface area contributed by atoms with Crippen molar-refractivity contribution in [3.05, 3.63) is 42.9 Å². The third-order valence-corrected chi connectivity index (χ3v) is 8.66. The van der Waals surface area contributed by atoms with Crippen LogP contribution in [0.1, 0.15) is 33.6 Å². The van der Waals surface area contributed by atoms with Gasteiger partial charge in [0.1, 0.15) is 12.1 Å². The third-order valence-electron chi connectivity index (χ3n) is 8.66. The lowest BCUT2D eigenvalue weighted by atomic mass is 9.66. The van der Waals surface area contributed by atoms with Gasteiger partial charge in [0.05, 0.1) is 5.41 Å². The summed E-state index contributed by atoms with van der Waals surface area (Å²) in [7, 11) is 0. The Morgan fingerprint density at radius 1 is 1.00 bits per heavy atom. The SMILES string of the molecule is CC1(C)C2(C(=O)N3CCN(c4c(-c5ccccc5)cnc5ncnn45)CC3)CC[C@@]1(C)C(=O)O2. The number of amides is 1. The smallest absolute Gasteiger partial charge is 0.313 e. The van der Waals surface area contributed by atoms with Gasteiger partial charge in [-0.3, -0.25) is 9.59 Å². The number of hydrogen-bond acceptors (Lipinski definition) is 7. The molecule has 0 radical (unpaired) electrons. The molecule has 1 unspecified atom stereocenters. The van der Waals surface area contributed by atoms with Crippen LogP contribution < -0.4 is 4.90 Å². The maximum Gasteiger partial charge on any atom is 0.313 e. The van der Waals surface area contributed by atoms with E-state index >= 15 is 0 Å². The molecule has 3 fully saturated rings. The zero-order chi connectivity index (χ0) is 23.7. The van der Waals surface area contributed by atoms with Crippen LogP contribution in [-0.2, 0) is 14.3 Å². The van der Waals surface area contributed by atoms with Crippen LogP contribution in [-0.4, -0.2) is 68.1 Å². The highest BCUT2D eigenvalue weighted by Crippen LogP contribution is 2.66. The van der Waals surface area contributed by atoms with Gasteiger partial charge in [0.2, 0.25) is 0 Å². The lowest BCUT2D eigenvalue weighted by Gasteiger charge is -2.42. The van der Waals surface area contributed by atoms with E-state index in [1.54, 1.807) is 4.52 Å². The van der Waals surface area contributed by atoms with E-state index in [1.807, 2.05) is 50.1 Å². The second-order valence-corrected chi connectivity index (χ2v) is 10.3. The predicted octanol–water partition coefficient (Wildman–Crippen LogP) is 2.56. The van der Waals surface area contributed by atoms with E-state index in [-0.39, 0.29) is 11.9 Å². The summed E-state index contributed by atoms with van der Waals surface area (Å²) in [6, 6.07) is 10.1. The minimum absolute atomic E-state index is 0.0596. The monoisotopic (exact) mass is 460 g/mol. The van der Waals surface area contributed by atoms with Crippen LogP contribution in [0, 0.1) is 10.8 Å². The summed E-state index contributed by atoms with van der Waals surface area (Å²) < 4.78 is 7.61. The van der Waals surface area contributed by atoms with Gasteiger partial charge in [-0.15, -0.1) is 0 Å². The highest BCUT2D eigenvalue weighted by molar-refractivity contribution is 5.96. The molecule has 34 heavy (non-hydrogen) atoms. The molecule has 0 spiro atoms. The molecule has 1 saturated carbocycles. The summed E-state index contributed by atoms with van der Waals surface area (Å²) in [4.78, 5) is 39.3. The molecule has 176 valence electrons. The Kier molecular flexibility index (Phi) is 4.34. The fourth-order valence-electron chi connectivity index (χ4n) is 5.99. The van der Waals surface area contributed by atoms with Crippen molar-refractivity contribution in [3.8, 4) is 11.1 Å². The number of carbonyl (C=O) groups is 2. The van der Waals surface area contributed by atoms with Crippen LogP contribution in [0.2, 0.25) is 0 Å². The second-order valence-electron chi connectivity index (χ2n) is 10.3. The van der Waals surface area contributed by atoms with E-state index in [0.717, 1.165) is 16.9 Å². The highest BCUT2D eigenvalue weighted by Gasteiger charge is 2.76. The first-order valence-electron chi connectivity index (χ1n) is 11.8. The van der Waals surface area contributed by atoms with Gasteiger partial charge in [-0.05, 0) is 25.3 Å². The van der Waals surface area contributed by atoms with E-state index in [4.69, 9.17) is 4.74 Å². The third kappa shape index (κ3) is 2.58. The van der Waals surface area contributed by atoms with Crippen LogP contribution in [0.3, 0.4) is 0 Å². The number of benzene rings is 1. The van der Waals surface area contributed by atoms with Gasteiger partial charge in [-0.1, -0.05) is 44.2 Å². The van der Waals surface area contributed by atoms with Crippen LogP contribution in [0.5, 0.6) is 0 Å². The molecule has 9 nitrogen and oxygen atoms in total. The Labute approximate surface area is 197 Å². The van der Waals surface area contributed by atoms with Gasteiger partial charge < -0.3 is 14.5 Å². The van der Waals surface area contributed by atoms with Gasteiger partial charge in [-0.2, -0.15) is 14.6 Å². The number of carbonyl (C=O) groups excluding carboxylic acids is 2. The van der Waals surface area contributed by atoms with Gasteiger partial charge in [-0.25, -0.2) is 4.98 Å². The molecule has 0 N–H and O–H groups in total. The summed E-state index contributed by atoms with van der Waals surface area (Å²) >= 11 is 0. The topological polar surface area (TPSA) is 92.9 Å². The van der Waals surface area contributed by atoms with Crippen molar-refractivity contribution in [2.24, 2.45) is 10.8 Å². The molecule has 4 heterocycles. The molecule has 3 aliphatic rings. The first-order chi connectivity index (χ1) is 16.3. The number of hydrogen-bond donors (Lipinski definition) is 0. The molecule has 2 aromatic heterocycles. The molecular formula is C25H28N6O3. The standard InChI is InChI=1S/C25H28N6O3/c1-23(2)24(3)9-10-25(23,34-21(24)33)20(32)30-13-11-29(12-14-30)19-18(17-7-5-4-6-8-17)15-26-22-27-16-28-31(19)22/h4-8,15-16H,9-14H2,1-3H3/t24-,25?/m0/s1. The van der Waals surface area contributed by atoms with Gasteiger partial charge in [0.15, 0.2) is 5.60 Å². The van der Waals surface area contributed by atoms with Crippen molar-refractivity contribution < 1.29 is 14.3 Å². The minimum Gasteiger partial charge on any atom is -0.448 e. The molecule has 1 aromatic carbocycles. The summed E-state index contributed by atoms with van der Waals surface area (Å²) in [5, 5.41) is 4.43. The van der Waals surface area contributed by atoms with Crippen molar-refractivity contribution >= 4 is 23.5 Å². The number of piperazine rings is 1. The average Bonchev–Trinajstić information content (AvgIpc) is 3.45. The molecule has 9 heteroatoms. The Morgan fingerprint density at radius 2 is 1.74 bits per heavy atom. The zero-order valence-corrected chi connectivity index (χ0v) is 19.7. The normalized spacial score (nSPS) is 27.9. The minimum atomic E-state index is -1.06. The number of ether oxygens (including phenoxy) is 1. The van der Waals surface area contributed by atoms with Crippen LogP contribution >= 0.6 is 0 Å². The van der Waals surface area contributed by atoms with Crippen LogP contribution in [0.4, 0.5) is 5.82 Å². The Bertz CT molecular complexity index is 1300. The molecular weight excluding hydrogens is 432 g/mol.